The summed E-state index contributed by atoms with van der Waals surface area (Å²) < 4.78 is 12.5. The number of pyridine rings is 1. The van der Waals surface area contributed by atoms with Gasteiger partial charge >= 0.3 is 0 Å². The lowest BCUT2D eigenvalue weighted by atomic mass is 10.1. The maximum Gasteiger partial charge on any atom is 0.261 e. The van der Waals surface area contributed by atoms with Gasteiger partial charge in [0.05, 0.1) is 18.9 Å². The summed E-state index contributed by atoms with van der Waals surface area (Å²) in [6.45, 7) is 8.54. The zero-order valence-corrected chi connectivity index (χ0v) is 26.5. The van der Waals surface area contributed by atoms with Crippen LogP contribution in [-0.2, 0) is 22.5 Å². The number of oxazole rings is 1. The fourth-order valence-electron chi connectivity index (χ4n) is 6.12. The number of rotatable bonds is 11. The van der Waals surface area contributed by atoms with Crippen LogP contribution in [0.4, 0.5) is 17.2 Å². The van der Waals surface area contributed by atoms with Gasteiger partial charge in [0.15, 0.2) is 17.8 Å². The highest BCUT2D eigenvalue weighted by Crippen LogP contribution is 2.37. The third-order valence-electron chi connectivity index (χ3n) is 8.90. The number of nitrogens with zero attached hydrogens (tertiary/aromatic N) is 6. The molecule has 0 radical (unpaired) electrons. The number of piperazine rings is 1. The van der Waals surface area contributed by atoms with Crippen LogP contribution < -0.4 is 21.4 Å². The maximum absolute atomic E-state index is 13.9. The monoisotopic (exact) mass is 644 g/mol. The standard InChI is InChI=1S/C33H40N8O6/c1-3-24-29(39-12-14-40(15-13-39)33(45)27-25(42)7-6-23-31(27)47-19-36-23)30(44)28(34)32(38-37-22-9-16-46-17-10-22)41(24)18-26(43)35-11-8-20(2)21-4-5-21/h6-7,9,19,21,42H,2-5,8,10-18,34H2,1H3,(H,35,43). The first-order valence-electron chi connectivity index (χ1n) is 16.0. The number of nitrogens with one attached hydrogen (secondary N) is 1. The molecule has 14 nitrogen and oxygen atoms in total. The molecule has 1 saturated heterocycles. The zero-order valence-electron chi connectivity index (χ0n) is 26.5. The number of nitrogen functional groups attached to an aromatic ring is 1. The normalized spacial score (nSPS) is 16.9. The van der Waals surface area contributed by atoms with Gasteiger partial charge in [-0.1, -0.05) is 19.1 Å². The first kappa shape index (κ1) is 32.0. The molecule has 0 unspecified atom stereocenters. The number of phenolic OH excluding ortho intramolecular Hbond substituents is 1. The number of hydrogen-bond acceptors (Lipinski definition) is 11. The second-order valence-corrected chi connectivity index (χ2v) is 12.0. The third-order valence-corrected chi connectivity index (χ3v) is 8.90. The van der Waals surface area contributed by atoms with E-state index in [1.54, 1.807) is 15.5 Å². The van der Waals surface area contributed by atoms with E-state index in [0.29, 0.717) is 80.6 Å². The average molecular weight is 645 g/mol. The molecular weight excluding hydrogens is 604 g/mol. The number of anilines is 2. The highest BCUT2D eigenvalue weighted by Gasteiger charge is 2.31. The number of hydrogen-bond donors (Lipinski definition) is 3. The Hall–Kier alpha value is -4.98. The van der Waals surface area contributed by atoms with Gasteiger partial charge in [0.2, 0.25) is 11.3 Å². The van der Waals surface area contributed by atoms with Crippen LogP contribution in [-0.4, -0.2) is 77.3 Å². The molecule has 2 fully saturated rings. The minimum absolute atomic E-state index is 0.0513. The van der Waals surface area contributed by atoms with Crippen LogP contribution in [0.2, 0.25) is 0 Å². The van der Waals surface area contributed by atoms with E-state index in [2.05, 4.69) is 27.1 Å². The van der Waals surface area contributed by atoms with Crippen molar-refractivity contribution in [1.29, 1.82) is 0 Å². The smallest absolute Gasteiger partial charge is 0.261 e. The Kier molecular flexibility index (Phi) is 9.38. The first-order chi connectivity index (χ1) is 22.8. The molecule has 0 spiro atoms. The van der Waals surface area contributed by atoms with E-state index >= 15 is 0 Å². The highest BCUT2D eigenvalue weighted by atomic mass is 16.5. The summed E-state index contributed by atoms with van der Waals surface area (Å²) in [7, 11) is 0. The van der Waals surface area contributed by atoms with Gasteiger partial charge in [-0.3, -0.25) is 14.4 Å². The number of nitrogens with two attached hydrogens (primary N) is 1. The fourth-order valence-corrected chi connectivity index (χ4v) is 6.12. The van der Waals surface area contributed by atoms with E-state index in [-0.39, 0.29) is 53.9 Å². The highest BCUT2D eigenvalue weighted by molar-refractivity contribution is 6.06. The Morgan fingerprint density at radius 3 is 2.68 bits per heavy atom. The van der Waals surface area contributed by atoms with Gasteiger partial charge in [0, 0.05) is 44.8 Å². The number of benzene rings is 1. The average Bonchev–Trinajstić information content (AvgIpc) is 3.83. The number of aromatic nitrogens is 2. The lowest BCUT2D eigenvalue weighted by molar-refractivity contribution is -0.121. The van der Waals surface area contributed by atoms with E-state index in [1.165, 1.54) is 12.5 Å². The number of carbonyl (C=O) groups excluding carboxylic acids is 2. The molecule has 14 heteroatoms. The van der Waals surface area contributed by atoms with Gasteiger partial charge in [0.1, 0.15) is 34.7 Å². The van der Waals surface area contributed by atoms with Gasteiger partial charge in [-0.25, -0.2) is 4.98 Å². The Bertz CT molecular complexity index is 1810. The topological polar surface area (TPSA) is 181 Å². The van der Waals surface area contributed by atoms with Gasteiger partial charge in [-0.15, -0.1) is 5.11 Å². The van der Waals surface area contributed by atoms with Crippen LogP contribution in [0.15, 0.2) is 61.9 Å². The number of phenols is 1. The second kappa shape index (κ2) is 13.8. The number of amides is 2. The van der Waals surface area contributed by atoms with Crippen molar-refractivity contribution in [3.05, 3.63) is 63.9 Å². The molecule has 2 amide bonds. The second-order valence-electron chi connectivity index (χ2n) is 12.0. The SMILES string of the molecule is C=C(CCNC(=O)Cn1c(CC)c(N2CCN(C(=O)c3c(O)ccc4ncoc34)CC2)c(=O)c(N)c1N=NC1=CCOCC1)C1CC1. The van der Waals surface area contributed by atoms with Crippen molar-refractivity contribution >= 4 is 40.1 Å². The molecular formula is C33H40N8O6. The third kappa shape index (κ3) is 6.77. The summed E-state index contributed by atoms with van der Waals surface area (Å²) in [4.78, 5) is 48.3. The molecule has 0 atom stereocenters. The van der Waals surface area contributed by atoms with Crippen molar-refractivity contribution in [1.82, 2.24) is 19.8 Å². The molecule has 6 rings (SSSR count). The lowest BCUT2D eigenvalue weighted by Crippen LogP contribution is -2.50. The molecule has 4 heterocycles. The molecule has 3 aromatic rings. The molecule has 4 N–H and O–H groups in total. The van der Waals surface area contributed by atoms with Crippen LogP contribution >= 0.6 is 0 Å². The number of ether oxygens (including phenoxy) is 1. The fraction of sp³-hybridized carbons (Fsp3) is 0.455. The van der Waals surface area contributed by atoms with Gasteiger partial charge in [-0.05, 0) is 49.8 Å². The summed E-state index contributed by atoms with van der Waals surface area (Å²) >= 11 is 0. The number of aromatic hydroxyl groups is 1. The largest absolute Gasteiger partial charge is 0.507 e. The number of azo groups is 1. The molecule has 2 aliphatic heterocycles. The Labute approximate surface area is 271 Å². The molecule has 3 aliphatic rings. The van der Waals surface area contributed by atoms with Crippen molar-refractivity contribution in [2.24, 2.45) is 16.1 Å². The molecule has 248 valence electrons. The summed E-state index contributed by atoms with van der Waals surface area (Å²) in [5, 5.41) is 22.3. The van der Waals surface area contributed by atoms with E-state index in [9.17, 15) is 19.5 Å². The Morgan fingerprint density at radius 1 is 1.19 bits per heavy atom. The van der Waals surface area contributed by atoms with E-state index in [1.807, 2.05) is 17.9 Å². The minimum atomic E-state index is -0.405. The number of carbonyl (C=O) groups is 2. The molecule has 2 aromatic heterocycles. The van der Waals surface area contributed by atoms with Crippen molar-refractivity contribution in [2.75, 3.05) is 56.6 Å². The van der Waals surface area contributed by atoms with Crippen molar-refractivity contribution in [3.8, 4) is 5.75 Å². The maximum atomic E-state index is 13.9. The van der Waals surface area contributed by atoms with E-state index in [4.69, 9.17) is 14.9 Å². The molecule has 1 saturated carbocycles. The zero-order chi connectivity index (χ0) is 33.1. The van der Waals surface area contributed by atoms with Crippen LogP contribution in [0, 0.1) is 5.92 Å². The first-order valence-corrected chi connectivity index (χ1v) is 16.0. The molecule has 1 aromatic carbocycles. The van der Waals surface area contributed by atoms with Crippen molar-refractivity contribution in [3.63, 3.8) is 0 Å². The molecule has 47 heavy (non-hydrogen) atoms. The van der Waals surface area contributed by atoms with E-state index < -0.39 is 11.3 Å². The van der Waals surface area contributed by atoms with Gasteiger partial charge in [0.25, 0.3) is 5.91 Å². The van der Waals surface area contributed by atoms with Crippen LogP contribution in [0.5, 0.6) is 5.75 Å². The van der Waals surface area contributed by atoms with Crippen molar-refractivity contribution < 1.29 is 23.8 Å². The Balaban J connectivity index is 1.27. The van der Waals surface area contributed by atoms with Crippen LogP contribution in [0.1, 0.15) is 48.7 Å². The summed E-state index contributed by atoms with van der Waals surface area (Å²) in [5.74, 6) is -0.136. The number of fused-ring (bicyclic) bond motifs is 1. The molecule has 0 bridgehead atoms. The predicted molar refractivity (Wildman–Crippen MR) is 176 cm³/mol. The minimum Gasteiger partial charge on any atom is -0.507 e. The lowest BCUT2D eigenvalue weighted by Gasteiger charge is -2.37. The quantitative estimate of drug-likeness (QED) is 0.207. The van der Waals surface area contributed by atoms with Gasteiger partial charge < -0.3 is 39.7 Å². The summed E-state index contributed by atoms with van der Waals surface area (Å²) in [6.07, 6.45) is 7.07. The van der Waals surface area contributed by atoms with Crippen LogP contribution in [0.25, 0.3) is 11.1 Å². The predicted octanol–water partition coefficient (Wildman–Crippen LogP) is 3.66. The van der Waals surface area contributed by atoms with Crippen LogP contribution in [0.3, 0.4) is 0 Å². The molecule has 1 aliphatic carbocycles. The summed E-state index contributed by atoms with van der Waals surface area (Å²) in [5.41, 5.74) is 9.55. The summed E-state index contributed by atoms with van der Waals surface area (Å²) in [6, 6.07) is 3.00. The van der Waals surface area contributed by atoms with E-state index in [0.717, 1.165) is 18.4 Å². The van der Waals surface area contributed by atoms with Crippen molar-refractivity contribution in [2.45, 2.75) is 45.6 Å². The van der Waals surface area contributed by atoms with Gasteiger partial charge in [-0.2, -0.15) is 5.11 Å². The Morgan fingerprint density at radius 2 is 1.98 bits per heavy atom.